The zero-order chi connectivity index (χ0) is 16.2. The molecule has 0 radical (unpaired) electrons. The SMILES string of the molecule is O=C(CCC(=O)c1ccccc1)Nc1ccc2oc(=O)[nH]c2c1. The molecule has 0 atom stereocenters. The number of rotatable bonds is 5. The minimum Gasteiger partial charge on any atom is -0.408 e. The summed E-state index contributed by atoms with van der Waals surface area (Å²) in [5, 5.41) is 2.70. The Bertz CT molecular complexity index is 909. The quantitative estimate of drug-likeness (QED) is 0.709. The smallest absolute Gasteiger partial charge is 0.408 e. The number of aromatic nitrogens is 1. The lowest BCUT2D eigenvalue weighted by atomic mass is 10.1. The average molecular weight is 310 g/mol. The van der Waals surface area contributed by atoms with Crippen LogP contribution in [0.15, 0.2) is 57.7 Å². The van der Waals surface area contributed by atoms with E-state index in [1.807, 2.05) is 6.07 Å². The maximum absolute atomic E-state index is 11.9. The van der Waals surface area contributed by atoms with Crippen molar-refractivity contribution < 1.29 is 14.0 Å². The number of hydrogen-bond donors (Lipinski definition) is 2. The lowest BCUT2D eigenvalue weighted by Crippen LogP contribution is -2.13. The number of carbonyl (C=O) groups excluding carboxylic acids is 2. The van der Waals surface area contributed by atoms with Crippen LogP contribution in [0.4, 0.5) is 5.69 Å². The number of anilines is 1. The van der Waals surface area contributed by atoms with Crippen molar-refractivity contribution in [3.63, 3.8) is 0 Å². The standard InChI is InChI=1S/C17H14N2O4/c20-14(11-4-2-1-3-5-11)7-9-16(21)18-12-6-8-15-13(10-12)19-17(22)23-15/h1-6,8,10H,7,9H2,(H,18,21)(H,19,22). The number of H-pyrrole nitrogens is 1. The molecule has 2 N–H and O–H groups in total. The lowest BCUT2D eigenvalue weighted by Gasteiger charge is -2.05. The van der Waals surface area contributed by atoms with Crippen LogP contribution in [0.3, 0.4) is 0 Å². The van der Waals surface area contributed by atoms with E-state index in [1.54, 1.807) is 42.5 Å². The first-order chi connectivity index (χ1) is 11.1. The fourth-order valence-corrected chi connectivity index (χ4v) is 2.25. The number of benzene rings is 2. The minimum atomic E-state index is -0.545. The van der Waals surface area contributed by atoms with E-state index < -0.39 is 5.76 Å². The first-order valence-electron chi connectivity index (χ1n) is 7.13. The van der Waals surface area contributed by atoms with E-state index in [0.717, 1.165) is 0 Å². The van der Waals surface area contributed by atoms with Gasteiger partial charge in [0.1, 0.15) is 0 Å². The maximum Gasteiger partial charge on any atom is 0.417 e. The van der Waals surface area contributed by atoms with Gasteiger partial charge < -0.3 is 9.73 Å². The normalized spacial score (nSPS) is 10.6. The van der Waals surface area contributed by atoms with Gasteiger partial charge in [-0.25, -0.2) is 4.79 Å². The van der Waals surface area contributed by atoms with Crippen LogP contribution in [0.5, 0.6) is 0 Å². The van der Waals surface area contributed by atoms with Gasteiger partial charge in [-0.15, -0.1) is 0 Å². The second-order valence-electron chi connectivity index (χ2n) is 5.06. The van der Waals surface area contributed by atoms with Gasteiger partial charge in [0.2, 0.25) is 5.91 Å². The summed E-state index contributed by atoms with van der Waals surface area (Å²) in [7, 11) is 0. The molecule has 116 valence electrons. The Labute approximate surface area is 131 Å². The Morgan fingerprint density at radius 3 is 2.61 bits per heavy atom. The number of fused-ring (bicyclic) bond motifs is 1. The van der Waals surface area contributed by atoms with Gasteiger partial charge in [-0.2, -0.15) is 0 Å². The molecule has 23 heavy (non-hydrogen) atoms. The number of nitrogens with one attached hydrogen (secondary N) is 2. The van der Waals surface area contributed by atoms with Crippen molar-refractivity contribution in [1.82, 2.24) is 4.98 Å². The van der Waals surface area contributed by atoms with Gasteiger partial charge >= 0.3 is 5.76 Å². The Kier molecular flexibility index (Phi) is 4.05. The molecule has 0 bridgehead atoms. The third kappa shape index (κ3) is 3.55. The molecule has 0 aliphatic heterocycles. The summed E-state index contributed by atoms with van der Waals surface area (Å²) in [5.74, 6) is -0.883. The molecular weight excluding hydrogens is 296 g/mol. The predicted octanol–water partition coefficient (Wildman–Crippen LogP) is 2.72. The van der Waals surface area contributed by atoms with Crippen molar-refractivity contribution in [3.8, 4) is 0 Å². The molecule has 0 saturated carbocycles. The summed E-state index contributed by atoms with van der Waals surface area (Å²) in [6, 6.07) is 13.7. The van der Waals surface area contributed by atoms with Crippen LogP contribution in [0.2, 0.25) is 0 Å². The average Bonchev–Trinajstić information content (AvgIpc) is 2.92. The third-order valence-corrected chi connectivity index (χ3v) is 3.38. The lowest BCUT2D eigenvalue weighted by molar-refractivity contribution is -0.116. The zero-order valence-electron chi connectivity index (χ0n) is 12.2. The second kappa shape index (κ2) is 6.31. The highest BCUT2D eigenvalue weighted by Gasteiger charge is 2.10. The number of ketones is 1. The summed E-state index contributed by atoms with van der Waals surface area (Å²) in [6.45, 7) is 0. The molecule has 0 spiro atoms. The Hall–Kier alpha value is -3.15. The van der Waals surface area contributed by atoms with E-state index in [-0.39, 0.29) is 24.5 Å². The Balaban J connectivity index is 1.60. The molecular formula is C17H14N2O4. The molecule has 2 aromatic carbocycles. The molecule has 3 aromatic rings. The molecule has 0 unspecified atom stereocenters. The highest BCUT2D eigenvalue weighted by Crippen LogP contribution is 2.16. The Morgan fingerprint density at radius 1 is 1.04 bits per heavy atom. The van der Waals surface area contributed by atoms with Crippen LogP contribution in [-0.2, 0) is 4.79 Å². The molecule has 6 heteroatoms. The summed E-state index contributed by atoms with van der Waals surface area (Å²) in [4.78, 5) is 37.5. The summed E-state index contributed by atoms with van der Waals surface area (Å²) in [5.41, 5.74) is 2.06. The molecule has 3 rings (SSSR count). The largest absolute Gasteiger partial charge is 0.417 e. The molecule has 6 nitrogen and oxygen atoms in total. The molecule has 1 amide bonds. The maximum atomic E-state index is 11.9. The first kappa shape index (κ1) is 14.8. The van der Waals surface area contributed by atoms with Gasteiger partial charge in [-0.05, 0) is 18.2 Å². The highest BCUT2D eigenvalue weighted by molar-refractivity contribution is 6.00. The number of amides is 1. The number of carbonyl (C=O) groups is 2. The van der Waals surface area contributed by atoms with Gasteiger partial charge in [0.15, 0.2) is 11.4 Å². The minimum absolute atomic E-state index is 0.0737. The first-order valence-corrected chi connectivity index (χ1v) is 7.13. The van der Waals surface area contributed by atoms with Crippen LogP contribution in [0.1, 0.15) is 23.2 Å². The number of hydrogen-bond acceptors (Lipinski definition) is 4. The van der Waals surface area contributed by atoms with Crippen LogP contribution in [-0.4, -0.2) is 16.7 Å². The Morgan fingerprint density at radius 2 is 1.83 bits per heavy atom. The van der Waals surface area contributed by atoms with E-state index in [2.05, 4.69) is 10.3 Å². The van der Waals surface area contributed by atoms with Crippen LogP contribution in [0, 0.1) is 0 Å². The van der Waals surface area contributed by atoms with E-state index >= 15 is 0 Å². The van der Waals surface area contributed by atoms with Crippen molar-refractivity contribution in [1.29, 1.82) is 0 Å². The second-order valence-corrected chi connectivity index (χ2v) is 5.06. The van der Waals surface area contributed by atoms with E-state index in [0.29, 0.717) is 22.4 Å². The van der Waals surface area contributed by atoms with Crippen LogP contribution < -0.4 is 11.1 Å². The van der Waals surface area contributed by atoms with Crippen molar-refractivity contribution in [3.05, 3.63) is 64.6 Å². The van der Waals surface area contributed by atoms with Gasteiger partial charge in [-0.3, -0.25) is 14.6 Å². The van der Waals surface area contributed by atoms with Crippen molar-refractivity contribution >= 4 is 28.5 Å². The predicted molar refractivity (Wildman–Crippen MR) is 85.5 cm³/mol. The molecule has 1 heterocycles. The highest BCUT2D eigenvalue weighted by atomic mass is 16.4. The van der Waals surface area contributed by atoms with Crippen molar-refractivity contribution in [2.45, 2.75) is 12.8 Å². The summed E-state index contributed by atoms with van der Waals surface area (Å²) in [6.07, 6.45) is 0.230. The van der Waals surface area contributed by atoms with Gasteiger partial charge in [-0.1, -0.05) is 30.3 Å². The van der Waals surface area contributed by atoms with E-state index in [4.69, 9.17) is 4.42 Å². The molecule has 0 saturated heterocycles. The summed E-state index contributed by atoms with van der Waals surface area (Å²) < 4.78 is 4.89. The van der Waals surface area contributed by atoms with E-state index in [9.17, 15) is 14.4 Å². The molecule has 1 aromatic heterocycles. The van der Waals surface area contributed by atoms with Crippen molar-refractivity contribution in [2.24, 2.45) is 0 Å². The summed E-state index contributed by atoms with van der Waals surface area (Å²) >= 11 is 0. The van der Waals surface area contributed by atoms with E-state index in [1.165, 1.54) is 0 Å². The topological polar surface area (TPSA) is 92.2 Å². The third-order valence-electron chi connectivity index (χ3n) is 3.38. The molecule has 0 aliphatic rings. The van der Waals surface area contributed by atoms with Crippen LogP contribution in [0.25, 0.3) is 11.1 Å². The van der Waals surface area contributed by atoms with Gasteiger partial charge in [0.05, 0.1) is 5.52 Å². The number of oxazole rings is 1. The fraction of sp³-hybridized carbons (Fsp3) is 0.118. The number of Topliss-reactive ketones (excluding diaryl/α,β-unsaturated/α-hetero) is 1. The van der Waals surface area contributed by atoms with Gasteiger partial charge in [0, 0.05) is 24.1 Å². The zero-order valence-corrected chi connectivity index (χ0v) is 12.2. The van der Waals surface area contributed by atoms with Crippen molar-refractivity contribution in [2.75, 3.05) is 5.32 Å². The molecule has 0 fully saturated rings. The number of aromatic amines is 1. The fourth-order valence-electron chi connectivity index (χ4n) is 2.25. The van der Waals surface area contributed by atoms with Gasteiger partial charge in [0.25, 0.3) is 0 Å². The monoisotopic (exact) mass is 310 g/mol. The molecule has 0 aliphatic carbocycles. The van der Waals surface area contributed by atoms with Crippen LogP contribution >= 0.6 is 0 Å².